The van der Waals surface area contributed by atoms with Crippen molar-refractivity contribution >= 4 is 11.8 Å². The maximum atomic E-state index is 13.4. The largest absolute Gasteiger partial charge is 0.406 e. The molecule has 130 valence electrons. The van der Waals surface area contributed by atoms with Gasteiger partial charge in [0.1, 0.15) is 12.4 Å². The van der Waals surface area contributed by atoms with Gasteiger partial charge in [-0.25, -0.2) is 4.39 Å². The molecule has 0 radical (unpaired) electrons. The van der Waals surface area contributed by atoms with Crippen LogP contribution in [0.15, 0.2) is 18.2 Å². The average Bonchev–Trinajstić information content (AvgIpc) is 3.02. The normalized spacial score (nSPS) is 23.5. The van der Waals surface area contributed by atoms with Crippen LogP contribution in [0.2, 0.25) is 0 Å². The molecule has 1 aliphatic heterocycles. The molecule has 3 rings (SSSR count). The number of alkyl halides is 3. The fourth-order valence-corrected chi connectivity index (χ4v) is 3.33. The van der Waals surface area contributed by atoms with Crippen molar-refractivity contribution in [2.75, 3.05) is 13.1 Å². The molecule has 1 saturated heterocycles. The van der Waals surface area contributed by atoms with Gasteiger partial charge in [0.25, 0.3) is 0 Å². The minimum absolute atomic E-state index is 0.232. The van der Waals surface area contributed by atoms with Crippen LogP contribution in [0.4, 0.5) is 17.6 Å². The van der Waals surface area contributed by atoms with Gasteiger partial charge in [0.05, 0.1) is 12.0 Å². The van der Waals surface area contributed by atoms with Crippen molar-refractivity contribution in [1.82, 2.24) is 10.2 Å². The van der Waals surface area contributed by atoms with Crippen LogP contribution < -0.4 is 5.32 Å². The molecule has 0 spiro atoms. The highest BCUT2D eigenvalue weighted by Gasteiger charge is 2.41. The van der Waals surface area contributed by atoms with E-state index in [0.29, 0.717) is 23.3 Å². The first-order chi connectivity index (χ1) is 11.2. The Morgan fingerprint density at radius 3 is 2.79 bits per heavy atom. The monoisotopic (exact) mass is 344 g/mol. The van der Waals surface area contributed by atoms with E-state index < -0.39 is 36.3 Å². The SMILES string of the molecule is O=C(NC1CCc2ccc(F)cc21)C1CC(=O)N(CC(F)(F)F)C1. The van der Waals surface area contributed by atoms with Gasteiger partial charge in [0.2, 0.25) is 11.8 Å². The number of rotatable bonds is 3. The lowest BCUT2D eigenvalue weighted by Crippen LogP contribution is -2.37. The quantitative estimate of drug-likeness (QED) is 0.856. The van der Waals surface area contributed by atoms with Crippen LogP contribution in [0, 0.1) is 11.7 Å². The third-order valence-electron chi connectivity index (χ3n) is 4.46. The van der Waals surface area contributed by atoms with Crippen LogP contribution in [0.25, 0.3) is 0 Å². The number of amides is 2. The Labute approximate surface area is 135 Å². The van der Waals surface area contributed by atoms with E-state index in [9.17, 15) is 27.2 Å². The van der Waals surface area contributed by atoms with Crippen molar-refractivity contribution in [3.05, 3.63) is 35.1 Å². The summed E-state index contributed by atoms with van der Waals surface area (Å²) < 4.78 is 50.6. The number of carbonyl (C=O) groups is 2. The van der Waals surface area contributed by atoms with Gasteiger partial charge in [-0.2, -0.15) is 13.2 Å². The number of aryl methyl sites for hydroxylation is 1. The number of nitrogens with zero attached hydrogens (tertiary/aromatic N) is 1. The zero-order chi connectivity index (χ0) is 17.5. The molecule has 1 aromatic carbocycles. The fourth-order valence-electron chi connectivity index (χ4n) is 3.33. The van der Waals surface area contributed by atoms with Crippen LogP contribution in [-0.2, 0) is 16.0 Å². The predicted molar refractivity (Wildman–Crippen MR) is 76.3 cm³/mol. The van der Waals surface area contributed by atoms with E-state index in [1.165, 1.54) is 12.1 Å². The minimum atomic E-state index is -4.48. The highest BCUT2D eigenvalue weighted by atomic mass is 19.4. The van der Waals surface area contributed by atoms with E-state index in [4.69, 9.17) is 0 Å². The number of hydrogen-bond acceptors (Lipinski definition) is 2. The molecule has 1 fully saturated rings. The van der Waals surface area contributed by atoms with Gasteiger partial charge in [-0.15, -0.1) is 0 Å². The molecule has 4 nitrogen and oxygen atoms in total. The predicted octanol–water partition coefficient (Wildman–Crippen LogP) is 2.34. The lowest BCUT2D eigenvalue weighted by Gasteiger charge is -2.19. The zero-order valence-electron chi connectivity index (χ0n) is 12.7. The topological polar surface area (TPSA) is 49.4 Å². The van der Waals surface area contributed by atoms with E-state index in [1.807, 2.05) is 0 Å². The Hall–Kier alpha value is -2.12. The number of halogens is 4. The third-order valence-corrected chi connectivity index (χ3v) is 4.46. The highest BCUT2D eigenvalue weighted by Crippen LogP contribution is 2.32. The Kier molecular flexibility index (Phi) is 4.23. The molecule has 0 aromatic heterocycles. The van der Waals surface area contributed by atoms with E-state index in [-0.39, 0.29) is 19.0 Å². The molecule has 2 atom stereocenters. The molecule has 2 unspecified atom stereocenters. The summed E-state index contributed by atoms with van der Waals surface area (Å²) in [6.07, 6.45) is -3.41. The molecular formula is C16H16F4N2O2. The van der Waals surface area contributed by atoms with Crippen molar-refractivity contribution < 1.29 is 27.2 Å². The maximum Gasteiger partial charge on any atom is 0.406 e. The number of benzene rings is 1. The Morgan fingerprint density at radius 1 is 1.33 bits per heavy atom. The Balaban J connectivity index is 1.63. The first-order valence-corrected chi connectivity index (χ1v) is 7.66. The minimum Gasteiger partial charge on any atom is -0.349 e. The highest BCUT2D eigenvalue weighted by molar-refractivity contribution is 5.89. The molecule has 1 N–H and O–H groups in total. The molecule has 2 aliphatic rings. The molecular weight excluding hydrogens is 328 g/mol. The van der Waals surface area contributed by atoms with Gasteiger partial charge < -0.3 is 10.2 Å². The van der Waals surface area contributed by atoms with Gasteiger partial charge in [-0.3, -0.25) is 9.59 Å². The second kappa shape index (κ2) is 6.07. The van der Waals surface area contributed by atoms with Crippen molar-refractivity contribution in [3.63, 3.8) is 0 Å². The summed E-state index contributed by atoms with van der Waals surface area (Å²) in [5.74, 6) is -2.35. The van der Waals surface area contributed by atoms with Crippen LogP contribution >= 0.6 is 0 Å². The lowest BCUT2D eigenvalue weighted by atomic mass is 10.0. The summed E-state index contributed by atoms with van der Waals surface area (Å²) in [6, 6.07) is 4.02. The summed E-state index contributed by atoms with van der Waals surface area (Å²) in [5, 5.41) is 2.74. The molecule has 1 aromatic rings. The van der Waals surface area contributed by atoms with Crippen LogP contribution in [0.1, 0.15) is 30.0 Å². The third kappa shape index (κ3) is 3.52. The van der Waals surface area contributed by atoms with E-state index in [2.05, 4.69) is 5.32 Å². The summed E-state index contributed by atoms with van der Waals surface area (Å²) in [7, 11) is 0. The van der Waals surface area contributed by atoms with Gasteiger partial charge in [-0.1, -0.05) is 6.07 Å². The van der Waals surface area contributed by atoms with Crippen molar-refractivity contribution in [2.24, 2.45) is 5.92 Å². The van der Waals surface area contributed by atoms with Crippen molar-refractivity contribution in [2.45, 2.75) is 31.5 Å². The number of nitrogens with one attached hydrogen (secondary N) is 1. The number of likely N-dealkylation sites (tertiary alicyclic amines) is 1. The molecule has 1 aliphatic carbocycles. The van der Waals surface area contributed by atoms with E-state index in [0.717, 1.165) is 5.56 Å². The maximum absolute atomic E-state index is 13.4. The Bertz CT molecular complexity index is 675. The van der Waals surface area contributed by atoms with Crippen molar-refractivity contribution in [3.8, 4) is 0 Å². The summed E-state index contributed by atoms with van der Waals surface area (Å²) >= 11 is 0. The first kappa shape index (κ1) is 16.7. The van der Waals surface area contributed by atoms with Gasteiger partial charge in [0, 0.05) is 13.0 Å². The lowest BCUT2D eigenvalue weighted by molar-refractivity contribution is -0.157. The van der Waals surface area contributed by atoms with Crippen LogP contribution in [0.3, 0.4) is 0 Å². The van der Waals surface area contributed by atoms with E-state index >= 15 is 0 Å². The van der Waals surface area contributed by atoms with E-state index in [1.54, 1.807) is 6.07 Å². The average molecular weight is 344 g/mol. The molecule has 1 heterocycles. The van der Waals surface area contributed by atoms with Gasteiger partial charge in [-0.05, 0) is 36.1 Å². The molecule has 24 heavy (non-hydrogen) atoms. The molecule has 0 bridgehead atoms. The zero-order valence-corrected chi connectivity index (χ0v) is 12.7. The number of hydrogen-bond donors (Lipinski definition) is 1. The molecule has 2 amide bonds. The van der Waals surface area contributed by atoms with Gasteiger partial charge in [0.15, 0.2) is 0 Å². The van der Waals surface area contributed by atoms with Crippen LogP contribution in [0.5, 0.6) is 0 Å². The first-order valence-electron chi connectivity index (χ1n) is 7.66. The molecule has 8 heteroatoms. The second-order valence-corrected chi connectivity index (χ2v) is 6.23. The summed E-state index contributed by atoms with van der Waals surface area (Å²) in [4.78, 5) is 24.6. The number of fused-ring (bicyclic) bond motifs is 1. The van der Waals surface area contributed by atoms with Crippen molar-refractivity contribution in [1.29, 1.82) is 0 Å². The fraction of sp³-hybridized carbons (Fsp3) is 0.500. The Morgan fingerprint density at radius 2 is 2.08 bits per heavy atom. The van der Waals surface area contributed by atoms with Crippen LogP contribution in [-0.4, -0.2) is 36.0 Å². The second-order valence-electron chi connectivity index (χ2n) is 6.23. The summed E-state index contributed by atoms with van der Waals surface area (Å²) in [5.41, 5.74) is 1.64. The summed E-state index contributed by atoms with van der Waals surface area (Å²) in [6.45, 7) is -1.58. The van der Waals surface area contributed by atoms with Gasteiger partial charge >= 0.3 is 6.18 Å². The standard InChI is InChI=1S/C16H16F4N2O2/c17-11-3-1-9-2-4-13(12(9)6-11)21-15(24)10-5-14(23)22(7-10)8-16(18,19)20/h1,3,6,10,13H,2,4-5,7-8H2,(H,21,24). The molecule has 0 saturated carbocycles. The smallest absolute Gasteiger partial charge is 0.349 e. The number of carbonyl (C=O) groups excluding carboxylic acids is 2.